The highest BCUT2D eigenvalue weighted by Gasteiger charge is 2.49. The van der Waals surface area contributed by atoms with Crippen LogP contribution in [0, 0.1) is 10.1 Å². The maximum absolute atomic E-state index is 12.7. The molecule has 9 nitrogen and oxygen atoms in total. The van der Waals surface area contributed by atoms with E-state index in [0.717, 1.165) is 0 Å². The standard InChI is InChI=1S/C17H26N4O5/c1-11-13(10-19-14-8-7-12(9-18-14)21(23)24)20(17(5,6)25-11)15(22)26-16(2,3)4/h7-9,11,13H,10H2,1-6H3,(H,18,19)/t11-,13+/m1/s1. The third-order valence-corrected chi connectivity index (χ3v) is 3.97. The van der Waals surface area contributed by atoms with Gasteiger partial charge in [-0.1, -0.05) is 0 Å². The van der Waals surface area contributed by atoms with Crippen molar-refractivity contribution < 1.29 is 19.2 Å². The summed E-state index contributed by atoms with van der Waals surface area (Å²) in [5.74, 6) is 0.483. The van der Waals surface area contributed by atoms with E-state index in [9.17, 15) is 14.9 Å². The van der Waals surface area contributed by atoms with Crippen LogP contribution >= 0.6 is 0 Å². The number of pyridine rings is 1. The maximum Gasteiger partial charge on any atom is 0.412 e. The first kappa shape index (κ1) is 19.9. The van der Waals surface area contributed by atoms with Crippen LogP contribution in [0.1, 0.15) is 41.5 Å². The summed E-state index contributed by atoms with van der Waals surface area (Å²) in [6.45, 7) is 11.3. The van der Waals surface area contributed by atoms with Gasteiger partial charge in [-0.05, 0) is 47.6 Å². The lowest BCUT2D eigenvalue weighted by Crippen LogP contribution is -2.52. The Hall–Kier alpha value is -2.42. The van der Waals surface area contributed by atoms with Crippen LogP contribution in [0.4, 0.5) is 16.3 Å². The van der Waals surface area contributed by atoms with Crippen molar-refractivity contribution in [2.24, 2.45) is 0 Å². The normalized spacial score (nSPS) is 22.2. The predicted molar refractivity (Wildman–Crippen MR) is 95.9 cm³/mol. The van der Waals surface area contributed by atoms with E-state index in [0.29, 0.717) is 12.4 Å². The zero-order valence-electron chi connectivity index (χ0n) is 16.0. The summed E-state index contributed by atoms with van der Waals surface area (Å²) in [7, 11) is 0. The molecule has 1 aliphatic heterocycles. The number of hydrogen-bond donors (Lipinski definition) is 1. The molecule has 0 bridgehead atoms. The van der Waals surface area contributed by atoms with E-state index in [-0.39, 0.29) is 17.8 Å². The maximum atomic E-state index is 12.7. The Morgan fingerprint density at radius 2 is 2.12 bits per heavy atom. The molecule has 0 aromatic carbocycles. The molecule has 2 heterocycles. The van der Waals surface area contributed by atoms with Gasteiger partial charge in [0, 0.05) is 12.6 Å². The Morgan fingerprint density at radius 3 is 2.62 bits per heavy atom. The van der Waals surface area contributed by atoms with Crippen LogP contribution in [-0.4, -0.2) is 50.9 Å². The van der Waals surface area contributed by atoms with Crippen LogP contribution < -0.4 is 5.32 Å². The van der Waals surface area contributed by atoms with Gasteiger partial charge < -0.3 is 14.8 Å². The van der Waals surface area contributed by atoms with Gasteiger partial charge >= 0.3 is 6.09 Å². The number of nitrogens with one attached hydrogen (secondary N) is 1. The van der Waals surface area contributed by atoms with Gasteiger partial charge in [-0.2, -0.15) is 0 Å². The first-order valence-corrected chi connectivity index (χ1v) is 8.45. The fourth-order valence-corrected chi connectivity index (χ4v) is 2.93. The van der Waals surface area contributed by atoms with Crippen molar-refractivity contribution in [2.45, 2.75) is 65.0 Å². The molecule has 0 aliphatic carbocycles. The van der Waals surface area contributed by atoms with E-state index in [2.05, 4.69) is 10.3 Å². The lowest BCUT2D eigenvalue weighted by atomic mass is 10.1. The minimum Gasteiger partial charge on any atom is -0.444 e. The van der Waals surface area contributed by atoms with Gasteiger partial charge in [0.2, 0.25) is 0 Å². The smallest absolute Gasteiger partial charge is 0.412 e. The molecule has 1 N–H and O–H groups in total. The van der Waals surface area contributed by atoms with Gasteiger partial charge in [-0.15, -0.1) is 0 Å². The fourth-order valence-electron chi connectivity index (χ4n) is 2.93. The zero-order chi connectivity index (χ0) is 19.7. The molecule has 0 spiro atoms. The molecule has 2 rings (SSSR count). The summed E-state index contributed by atoms with van der Waals surface area (Å²) >= 11 is 0. The van der Waals surface area contributed by atoms with Crippen molar-refractivity contribution in [1.29, 1.82) is 0 Å². The minimum atomic E-state index is -0.809. The van der Waals surface area contributed by atoms with Gasteiger partial charge in [0.05, 0.1) is 17.1 Å². The van der Waals surface area contributed by atoms with Crippen LogP contribution in [0.3, 0.4) is 0 Å². The predicted octanol–water partition coefficient (Wildman–Crippen LogP) is 3.16. The van der Waals surface area contributed by atoms with Gasteiger partial charge in [-0.25, -0.2) is 9.78 Å². The minimum absolute atomic E-state index is 0.0790. The van der Waals surface area contributed by atoms with Crippen molar-refractivity contribution in [3.8, 4) is 0 Å². The Kier molecular flexibility index (Phi) is 5.41. The topological polar surface area (TPSA) is 107 Å². The van der Waals surface area contributed by atoms with E-state index in [1.165, 1.54) is 18.3 Å². The van der Waals surface area contributed by atoms with Gasteiger partial charge in [-0.3, -0.25) is 15.0 Å². The highest BCUT2D eigenvalue weighted by Crippen LogP contribution is 2.33. The second kappa shape index (κ2) is 7.06. The molecule has 2 atom stereocenters. The highest BCUT2D eigenvalue weighted by molar-refractivity contribution is 5.70. The number of nitrogens with zero attached hydrogens (tertiary/aromatic N) is 3. The Morgan fingerprint density at radius 1 is 1.46 bits per heavy atom. The molecular weight excluding hydrogens is 340 g/mol. The summed E-state index contributed by atoms with van der Waals surface area (Å²) in [6.07, 6.45) is 0.519. The summed E-state index contributed by atoms with van der Waals surface area (Å²) in [4.78, 5) is 28.5. The molecule has 0 unspecified atom stereocenters. The van der Waals surface area contributed by atoms with Crippen LogP contribution in [0.2, 0.25) is 0 Å². The largest absolute Gasteiger partial charge is 0.444 e. The summed E-state index contributed by atoms with van der Waals surface area (Å²) in [6, 6.07) is 2.62. The number of anilines is 1. The van der Waals surface area contributed by atoms with Crippen molar-refractivity contribution in [2.75, 3.05) is 11.9 Å². The third-order valence-electron chi connectivity index (χ3n) is 3.97. The van der Waals surface area contributed by atoms with E-state index < -0.39 is 22.3 Å². The monoisotopic (exact) mass is 366 g/mol. The van der Waals surface area contributed by atoms with E-state index >= 15 is 0 Å². The zero-order valence-corrected chi connectivity index (χ0v) is 16.0. The molecule has 0 saturated carbocycles. The van der Waals surface area contributed by atoms with Gasteiger partial charge in [0.15, 0.2) is 0 Å². The lowest BCUT2D eigenvalue weighted by molar-refractivity contribution is -0.385. The van der Waals surface area contributed by atoms with Crippen LogP contribution in [0.25, 0.3) is 0 Å². The van der Waals surface area contributed by atoms with Gasteiger partial charge in [0.1, 0.15) is 23.3 Å². The molecule has 26 heavy (non-hydrogen) atoms. The quantitative estimate of drug-likeness (QED) is 0.644. The van der Waals surface area contributed by atoms with Crippen LogP contribution in [0.5, 0.6) is 0 Å². The summed E-state index contributed by atoms with van der Waals surface area (Å²) in [5.41, 5.74) is -1.50. The highest BCUT2D eigenvalue weighted by atomic mass is 16.6. The first-order chi connectivity index (χ1) is 11.9. The molecule has 144 valence electrons. The van der Waals surface area contributed by atoms with Crippen LogP contribution in [-0.2, 0) is 9.47 Å². The molecular formula is C17H26N4O5. The van der Waals surface area contributed by atoms with E-state index in [1.54, 1.807) is 4.90 Å². The number of aromatic nitrogens is 1. The first-order valence-electron chi connectivity index (χ1n) is 8.45. The Bertz CT molecular complexity index is 669. The molecule has 1 aliphatic rings. The number of rotatable bonds is 4. The van der Waals surface area contributed by atoms with E-state index in [1.807, 2.05) is 41.5 Å². The lowest BCUT2D eigenvalue weighted by Gasteiger charge is -2.35. The number of carbonyl (C=O) groups excluding carboxylic acids is 1. The van der Waals surface area contributed by atoms with Crippen LogP contribution in [0.15, 0.2) is 18.3 Å². The molecule has 9 heteroatoms. The fraction of sp³-hybridized carbons (Fsp3) is 0.647. The van der Waals surface area contributed by atoms with Crippen molar-refractivity contribution in [3.63, 3.8) is 0 Å². The molecule has 1 saturated heterocycles. The van der Waals surface area contributed by atoms with Crippen molar-refractivity contribution >= 4 is 17.6 Å². The van der Waals surface area contributed by atoms with Crippen molar-refractivity contribution in [1.82, 2.24) is 9.88 Å². The summed E-state index contributed by atoms with van der Waals surface area (Å²) in [5, 5.41) is 13.8. The van der Waals surface area contributed by atoms with E-state index in [4.69, 9.17) is 9.47 Å². The number of nitro groups is 1. The second-order valence-corrected chi connectivity index (χ2v) is 7.73. The molecule has 1 aromatic rings. The number of hydrogen-bond acceptors (Lipinski definition) is 7. The Balaban J connectivity index is 2.11. The summed E-state index contributed by atoms with van der Waals surface area (Å²) < 4.78 is 11.4. The van der Waals surface area contributed by atoms with Gasteiger partial charge in [0.25, 0.3) is 5.69 Å². The SMILES string of the molecule is C[C@H]1OC(C)(C)N(C(=O)OC(C)(C)C)[C@H]1CNc1ccc([N+](=O)[O-])cn1. The number of amides is 1. The molecule has 1 aromatic heterocycles. The number of carbonyl (C=O) groups is 1. The second-order valence-electron chi connectivity index (χ2n) is 7.73. The average Bonchev–Trinajstić information content (AvgIpc) is 2.72. The van der Waals surface area contributed by atoms with Crippen molar-refractivity contribution in [3.05, 3.63) is 28.4 Å². The third kappa shape index (κ3) is 4.60. The molecule has 1 fully saturated rings. The molecule has 0 radical (unpaired) electrons. The Labute approximate surface area is 152 Å². The number of ether oxygens (including phenoxy) is 2. The average molecular weight is 366 g/mol. The molecule has 1 amide bonds.